The molecule has 0 aromatic rings. The molecule has 0 aromatic heterocycles. The van der Waals surface area contributed by atoms with Crippen LogP contribution in [0.4, 0.5) is 0 Å². The maximum Gasteiger partial charge on any atom is 0.316 e. The normalized spacial score (nSPS) is 18.1. The minimum Gasteiger partial charge on any atom is -0.465 e. The fraction of sp³-hybridized carbons (Fsp3) is 0.900. The maximum atomic E-state index is 11.0. The second-order valence-corrected chi connectivity index (χ2v) is 4.59. The lowest BCUT2D eigenvalue weighted by atomic mass is 10.1. The minimum atomic E-state index is -0.0751. The van der Waals surface area contributed by atoms with Gasteiger partial charge >= 0.3 is 5.97 Å². The molecule has 1 aliphatic rings. The second-order valence-electron chi connectivity index (χ2n) is 3.61. The molecule has 0 unspecified atom stereocenters. The van der Waals surface area contributed by atoms with Crippen molar-refractivity contribution in [3.8, 4) is 0 Å². The van der Waals surface area contributed by atoms with Gasteiger partial charge in [0.05, 0.1) is 25.4 Å². The van der Waals surface area contributed by atoms with Crippen molar-refractivity contribution in [1.82, 2.24) is 0 Å². The van der Waals surface area contributed by atoms with Gasteiger partial charge in [0.15, 0.2) is 0 Å². The quantitative estimate of drug-likeness (QED) is 0.674. The molecule has 0 atom stereocenters. The molecule has 14 heavy (non-hydrogen) atoms. The minimum absolute atomic E-state index is 0.0751. The molecule has 1 fully saturated rings. The first-order valence-corrected chi connectivity index (χ1v) is 6.55. The number of ether oxygens (including phenoxy) is 1. The second kappa shape index (κ2) is 7.12. The monoisotopic (exact) mass is 218 g/mol. The fourth-order valence-corrected chi connectivity index (χ4v) is 2.61. The van der Waals surface area contributed by atoms with E-state index in [2.05, 4.69) is 0 Å². The Hall–Kier alpha value is -0.220. The van der Waals surface area contributed by atoms with Gasteiger partial charge in [0.2, 0.25) is 0 Å². The van der Waals surface area contributed by atoms with Crippen LogP contribution >= 0.6 is 11.8 Å². The van der Waals surface area contributed by atoms with Crippen LogP contribution in [0, 0.1) is 0 Å². The number of thioether (sulfide) groups is 1. The molecule has 1 heterocycles. The van der Waals surface area contributed by atoms with E-state index in [0.29, 0.717) is 12.4 Å². The third kappa shape index (κ3) is 4.86. The summed E-state index contributed by atoms with van der Waals surface area (Å²) >= 11 is 1.70. The lowest BCUT2D eigenvalue weighted by Crippen LogP contribution is -3.12. The highest BCUT2D eigenvalue weighted by molar-refractivity contribution is 7.99. The highest BCUT2D eigenvalue weighted by Crippen LogP contribution is 1.99. The van der Waals surface area contributed by atoms with Crippen molar-refractivity contribution in [3.63, 3.8) is 0 Å². The summed E-state index contributed by atoms with van der Waals surface area (Å²) in [5, 5.41) is 0. The van der Waals surface area contributed by atoms with Gasteiger partial charge in [0.25, 0.3) is 0 Å². The van der Waals surface area contributed by atoms with E-state index in [-0.39, 0.29) is 5.97 Å². The van der Waals surface area contributed by atoms with E-state index in [1.165, 1.54) is 32.4 Å². The molecule has 0 spiro atoms. The summed E-state index contributed by atoms with van der Waals surface area (Å²) in [5.74, 6) is 1.49. The molecule has 0 aromatic carbocycles. The van der Waals surface area contributed by atoms with Crippen LogP contribution in [-0.4, -0.2) is 37.3 Å². The summed E-state index contributed by atoms with van der Waals surface area (Å²) in [5.41, 5.74) is 0. The Morgan fingerprint density at radius 3 is 2.71 bits per heavy atom. The number of nitrogens with one attached hydrogen (secondary N) is 1. The molecule has 0 radical (unpaired) electrons. The smallest absolute Gasteiger partial charge is 0.316 e. The zero-order chi connectivity index (χ0) is 10.2. The van der Waals surface area contributed by atoms with Crippen molar-refractivity contribution in [2.45, 2.75) is 26.2 Å². The van der Waals surface area contributed by atoms with Crippen molar-refractivity contribution in [2.75, 3.05) is 31.3 Å². The Labute approximate surface area is 90.2 Å². The number of likely N-dealkylation sites (tertiary alicyclic amines) is 1. The largest absolute Gasteiger partial charge is 0.465 e. The van der Waals surface area contributed by atoms with Crippen molar-refractivity contribution < 1.29 is 14.4 Å². The average Bonchev–Trinajstić information content (AvgIpc) is 2.20. The highest BCUT2D eigenvalue weighted by Gasteiger charge is 2.13. The Morgan fingerprint density at radius 1 is 1.36 bits per heavy atom. The molecule has 0 saturated carbocycles. The van der Waals surface area contributed by atoms with Crippen molar-refractivity contribution in [1.29, 1.82) is 0 Å². The molecular weight excluding hydrogens is 198 g/mol. The molecule has 1 aliphatic heterocycles. The van der Waals surface area contributed by atoms with Crippen LogP contribution in [0.15, 0.2) is 0 Å². The van der Waals surface area contributed by atoms with Gasteiger partial charge < -0.3 is 9.64 Å². The summed E-state index contributed by atoms with van der Waals surface area (Å²) in [6, 6.07) is 0. The molecule has 1 rings (SSSR count). The van der Waals surface area contributed by atoms with Crippen LogP contribution in [-0.2, 0) is 9.53 Å². The van der Waals surface area contributed by atoms with Gasteiger partial charge in [0, 0.05) is 0 Å². The zero-order valence-corrected chi connectivity index (χ0v) is 9.70. The molecule has 0 amide bonds. The Morgan fingerprint density at radius 2 is 2.07 bits per heavy atom. The first-order valence-electron chi connectivity index (χ1n) is 5.40. The Kier molecular flexibility index (Phi) is 6.03. The predicted octanol–water partition coefficient (Wildman–Crippen LogP) is 0.309. The topological polar surface area (TPSA) is 30.7 Å². The van der Waals surface area contributed by atoms with E-state index in [9.17, 15) is 4.79 Å². The lowest BCUT2D eigenvalue weighted by molar-refractivity contribution is -0.891. The Balaban J connectivity index is 1.99. The number of hydrogen-bond acceptors (Lipinski definition) is 3. The standard InChI is InChI=1S/C10H19NO2S/c1-2-13-10(12)8-14-9-11-6-4-3-5-7-11/h2-9H2,1H3/p+1. The van der Waals surface area contributed by atoms with Gasteiger partial charge in [0.1, 0.15) is 5.88 Å². The average molecular weight is 218 g/mol. The highest BCUT2D eigenvalue weighted by atomic mass is 32.2. The third-order valence-corrected chi connectivity index (χ3v) is 3.44. The number of piperidine rings is 1. The number of hydrogen-bond donors (Lipinski definition) is 1. The maximum absolute atomic E-state index is 11.0. The van der Waals surface area contributed by atoms with Gasteiger partial charge in [-0.15, -0.1) is 0 Å². The van der Waals surface area contributed by atoms with E-state index in [0.717, 1.165) is 5.88 Å². The summed E-state index contributed by atoms with van der Waals surface area (Å²) in [6.45, 7) is 4.89. The van der Waals surface area contributed by atoms with E-state index in [1.54, 1.807) is 16.7 Å². The first kappa shape index (κ1) is 11.9. The lowest BCUT2D eigenvalue weighted by Gasteiger charge is -2.22. The molecule has 3 nitrogen and oxygen atoms in total. The molecule has 82 valence electrons. The summed E-state index contributed by atoms with van der Waals surface area (Å²) in [7, 11) is 0. The van der Waals surface area contributed by atoms with E-state index in [1.807, 2.05) is 6.92 Å². The van der Waals surface area contributed by atoms with Gasteiger partial charge in [-0.2, -0.15) is 0 Å². The number of quaternary nitrogens is 1. The van der Waals surface area contributed by atoms with Gasteiger partial charge in [-0.05, 0) is 26.2 Å². The molecule has 0 aliphatic carbocycles. The van der Waals surface area contributed by atoms with Crippen LogP contribution in [0.2, 0.25) is 0 Å². The summed E-state index contributed by atoms with van der Waals surface area (Å²) in [6.07, 6.45) is 4.07. The van der Waals surface area contributed by atoms with Crippen molar-refractivity contribution in [2.24, 2.45) is 0 Å². The molecular formula is C10H20NO2S+. The number of carbonyl (C=O) groups is 1. The molecule has 1 saturated heterocycles. The summed E-state index contributed by atoms with van der Waals surface area (Å²) < 4.78 is 4.86. The van der Waals surface area contributed by atoms with Crippen LogP contribution in [0.3, 0.4) is 0 Å². The van der Waals surface area contributed by atoms with Crippen LogP contribution in [0.5, 0.6) is 0 Å². The Bertz CT molecular complexity index is 170. The first-order chi connectivity index (χ1) is 6.83. The van der Waals surface area contributed by atoms with E-state index < -0.39 is 0 Å². The van der Waals surface area contributed by atoms with Crippen LogP contribution in [0.1, 0.15) is 26.2 Å². The van der Waals surface area contributed by atoms with E-state index in [4.69, 9.17) is 4.74 Å². The van der Waals surface area contributed by atoms with Gasteiger partial charge in [-0.1, -0.05) is 11.8 Å². The predicted molar refractivity (Wildman–Crippen MR) is 58.5 cm³/mol. The zero-order valence-electron chi connectivity index (χ0n) is 8.88. The fourth-order valence-electron chi connectivity index (χ4n) is 1.68. The SMILES string of the molecule is CCOC(=O)CSC[NH+]1CCCCC1. The van der Waals surface area contributed by atoms with Crippen molar-refractivity contribution >= 4 is 17.7 Å². The third-order valence-electron chi connectivity index (χ3n) is 2.39. The van der Waals surface area contributed by atoms with Gasteiger partial charge in [-0.3, -0.25) is 4.79 Å². The molecule has 4 heteroatoms. The number of esters is 1. The molecule has 0 bridgehead atoms. The van der Waals surface area contributed by atoms with Crippen molar-refractivity contribution in [3.05, 3.63) is 0 Å². The summed E-state index contributed by atoms with van der Waals surface area (Å²) in [4.78, 5) is 12.7. The van der Waals surface area contributed by atoms with Gasteiger partial charge in [-0.25, -0.2) is 0 Å². The van der Waals surface area contributed by atoms with E-state index >= 15 is 0 Å². The van der Waals surface area contributed by atoms with Crippen LogP contribution in [0.25, 0.3) is 0 Å². The van der Waals surface area contributed by atoms with Crippen LogP contribution < -0.4 is 4.90 Å². The molecule has 1 N–H and O–H groups in total. The number of rotatable bonds is 5. The number of carbonyl (C=O) groups excluding carboxylic acids is 1.